The molecule has 4 nitrogen and oxygen atoms in total. The average Bonchev–Trinajstić information content (AvgIpc) is 2.09. The van der Waals surface area contributed by atoms with Gasteiger partial charge >= 0.3 is 0 Å². The maximum atomic E-state index is 12.9. The Balaban J connectivity index is 3.19. The molecule has 1 aromatic carbocycles. The van der Waals surface area contributed by atoms with E-state index >= 15 is 0 Å². The van der Waals surface area contributed by atoms with Crippen molar-refractivity contribution in [1.29, 1.82) is 5.26 Å². The fourth-order valence-corrected chi connectivity index (χ4v) is 1.40. The van der Waals surface area contributed by atoms with Crippen molar-refractivity contribution in [3.63, 3.8) is 0 Å². The molecule has 0 spiro atoms. The molecule has 0 amide bonds. The van der Waals surface area contributed by atoms with Crippen molar-refractivity contribution in [3.05, 3.63) is 28.5 Å². The lowest BCUT2D eigenvalue weighted by Gasteiger charge is -2.10. The van der Waals surface area contributed by atoms with Crippen molar-refractivity contribution in [1.82, 2.24) is 0 Å². The quantitative estimate of drug-likeness (QED) is 0.788. The largest absolute Gasteiger partial charge is 0.755 e. The van der Waals surface area contributed by atoms with Crippen molar-refractivity contribution < 1.29 is 13.2 Å². The Kier molecular flexibility index (Phi) is 3.41. The highest BCUT2D eigenvalue weighted by Crippen LogP contribution is 2.25. The second-order valence-electron chi connectivity index (χ2n) is 2.26. The molecule has 0 fully saturated rings. The smallest absolute Gasteiger partial charge is 0.142 e. The Morgan fingerprint density at radius 2 is 2.29 bits per heavy atom. The van der Waals surface area contributed by atoms with E-state index in [0.29, 0.717) is 0 Å². The van der Waals surface area contributed by atoms with Crippen LogP contribution in [0.1, 0.15) is 5.56 Å². The standard InChI is InChI=1S/C7H4ClFN2O2S/c8-5-2-6(9)4(3-10)1-7(5)11-14(12)13/h1-2,11H,(H,12,13)/p-1. The first kappa shape index (κ1) is 10.9. The molecule has 1 rings (SSSR count). The lowest BCUT2D eigenvalue weighted by molar-refractivity contribution is 0.542. The Morgan fingerprint density at radius 1 is 1.64 bits per heavy atom. The van der Waals surface area contributed by atoms with E-state index < -0.39 is 17.1 Å². The van der Waals surface area contributed by atoms with Gasteiger partial charge in [0.05, 0.1) is 16.3 Å². The van der Waals surface area contributed by atoms with Crippen molar-refractivity contribution in [2.24, 2.45) is 0 Å². The van der Waals surface area contributed by atoms with Crippen molar-refractivity contribution >= 4 is 28.6 Å². The fraction of sp³-hybridized carbons (Fsp3) is 0. The number of hydrogen-bond donors (Lipinski definition) is 1. The van der Waals surface area contributed by atoms with Crippen LogP contribution < -0.4 is 4.72 Å². The van der Waals surface area contributed by atoms with E-state index in [1.807, 2.05) is 4.72 Å². The summed E-state index contributed by atoms with van der Waals surface area (Å²) in [4.78, 5) is 0. The van der Waals surface area contributed by atoms with Crippen LogP contribution in [0, 0.1) is 17.1 Å². The van der Waals surface area contributed by atoms with Crippen molar-refractivity contribution in [3.8, 4) is 6.07 Å². The number of anilines is 1. The Bertz CT molecular complexity index is 432. The zero-order valence-corrected chi connectivity index (χ0v) is 8.16. The molecule has 0 aliphatic heterocycles. The highest BCUT2D eigenvalue weighted by molar-refractivity contribution is 7.80. The number of hydrogen-bond acceptors (Lipinski definition) is 3. The average molecular weight is 234 g/mol. The molecule has 1 unspecified atom stereocenters. The van der Waals surface area contributed by atoms with Gasteiger partial charge in [-0.25, -0.2) is 4.39 Å². The zero-order chi connectivity index (χ0) is 10.7. The minimum absolute atomic E-state index is 0.0297. The molecule has 1 N–H and O–H groups in total. The summed E-state index contributed by atoms with van der Waals surface area (Å²) in [5, 5.41) is 8.35. The molecule has 1 atom stereocenters. The molecule has 0 radical (unpaired) electrons. The van der Waals surface area contributed by atoms with Gasteiger partial charge in [0.1, 0.15) is 11.9 Å². The molecule has 14 heavy (non-hydrogen) atoms. The van der Waals surface area contributed by atoms with Gasteiger partial charge in [-0.1, -0.05) is 11.6 Å². The summed E-state index contributed by atoms with van der Waals surface area (Å²) in [5.74, 6) is -0.792. The number of nitrogens with one attached hydrogen (secondary N) is 1. The molecule has 74 valence electrons. The predicted octanol–water partition coefficient (Wildman–Crippen LogP) is 1.56. The third-order valence-electron chi connectivity index (χ3n) is 1.37. The van der Waals surface area contributed by atoms with Gasteiger partial charge in [-0.2, -0.15) is 5.26 Å². The van der Waals surface area contributed by atoms with Crippen LogP contribution in [0.15, 0.2) is 12.1 Å². The molecule has 0 aromatic heterocycles. The summed E-state index contributed by atoms with van der Waals surface area (Å²) >= 11 is 2.96. The third kappa shape index (κ3) is 2.42. The topological polar surface area (TPSA) is 76.0 Å². The van der Waals surface area contributed by atoms with Crippen LogP contribution in [0.3, 0.4) is 0 Å². The van der Waals surface area contributed by atoms with E-state index in [-0.39, 0.29) is 16.3 Å². The van der Waals surface area contributed by atoms with E-state index in [1.165, 1.54) is 0 Å². The Labute approximate surface area is 86.7 Å². The van der Waals surface area contributed by atoms with Crippen molar-refractivity contribution in [2.45, 2.75) is 0 Å². The number of nitriles is 1. The molecule has 7 heteroatoms. The van der Waals surface area contributed by atoms with Crippen LogP contribution in [0.25, 0.3) is 0 Å². The minimum Gasteiger partial charge on any atom is -0.755 e. The monoisotopic (exact) mass is 233 g/mol. The predicted molar refractivity (Wildman–Crippen MR) is 48.7 cm³/mol. The molecule has 0 aliphatic rings. The highest BCUT2D eigenvalue weighted by Gasteiger charge is 2.07. The molecule has 0 heterocycles. The molecule has 1 aromatic rings. The molecule has 0 saturated heterocycles. The first-order chi connectivity index (χ1) is 6.54. The summed E-state index contributed by atoms with van der Waals surface area (Å²) in [6.07, 6.45) is 0. The van der Waals surface area contributed by atoms with Crippen LogP contribution in [0.2, 0.25) is 5.02 Å². The summed E-state index contributed by atoms with van der Waals surface area (Å²) < 4.78 is 35.3. The SMILES string of the molecule is N#Cc1cc(NS(=O)[O-])c(Cl)cc1F. The van der Waals surface area contributed by atoms with Crippen LogP contribution in [-0.2, 0) is 11.3 Å². The first-order valence-electron chi connectivity index (χ1n) is 3.29. The van der Waals surface area contributed by atoms with E-state index in [0.717, 1.165) is 12.1 Å². The van der Waals surface area contributed by atoms with Gasteiger partial charge in [-0.05, 0) is 12.1 Å². The Hall–Kier alpha value is -1.16. The minimum atomic E-state index is -2.56. The molecular weight excluding hydrogens is 231 g/mol. The van der Waals surface area contributed by atoms with Gasteiger partial charge in [0.25, 0.3) is 0 Å². The number of rotatable bonds is 2. The van der Waals surface area contributed by atoms with Crippen LogP contribution in [0.5, 0.6) is 0 Å². The van der Waals surface area contributed by atoms with E-state index in [1.54, 1.807) is 6.07 Å². The second kappa shape index (κ2) is 4.37. The van der Waals surface area contributed by atoms with Crippen LogP contribution in [0.4, 0.5) is 10.1 Å². The summed E-state index contributed by atoms with van der Waals surface area (Å²) in [6, 6.07) is 3.45. The summed E-state index contributed by atoms with van der Waals surface area (Å²) in [6.45, 7) is 0. The normalized spacial score (nSPS) is 11.9. The number of nitrogens with zero attached hydrogens (tertiary/aromatic N) is 1. The van der Waals surface area contributed by atoms with Crippen LogP contribution in [-0.4, -0.2) is 8.76 Å². The van der Waals surface area contributed by atoms with Gasteiger partial charge in [0.2, 0.25) is 0 Å². The van der Waals surface area contributed by atoms with E-state index in [4.69, 9.17) is 16.9 Å². The van der Waals surface area contributed by atoms with Gasteiger partial charge in [0.15, 0.2) is 0 Å². The second-order valence-corrected chi connectivity index (χ2v) is 3.34. The first-order valence-corrected chi connectivity index (χ1v) is 4.75. The van der Waals surface area contributed by atoms with Gasteiger partial charge in [-0.15, -0.1) is 0 Å². The number of halogens is 2. The molecular formula is C7H3ClFN2O2S-. The summed E-state index contributed by atoms with van der Waals surface area (Å²) in [7, 11) is 0. The van der Waals surface area contributed by atoms with Gasteiger partial charge in [0, 0.05) is 11.3 Å². The third-order valence-corrected chi connectivity index (χ3v) is 2.07. The lowest BCUT2D eigenvalue weighted by Crippen LogP contribution is -2.03. The highest BCUT2D eigenvalue weighted by atomic mass is 35.5. The van der Waals surface area contributed by atoms with Gasteiger partial charge < -0.3 is 9.27 Å². The summed E-state index contributed by atoms with van der Waals surface area (Å²) in [5.41, 5.74) is -0.305. The Morgan fingerprint density at radius 3 is 2.79 bits per heavy atom. The maximum absolute atomic E-state index is 12.9. The maximum Gasteiger partial charge on any atom is 0.142 e. The van der Waals surface area contributed by atoms with E-state index in [2.05, 4.69) is 0 Å². The lowest BCUT2D eigenvalue weighted by atomic mass is 10.2. The molecule has 0 saturated carbocycles. The van der Waals surface area contributed by atoms with E-state index in [9.17, 15) is 13.2 Å². The van der Waals surface area contributed by atoms with Crippen molar-refractivity contribution in [2.75, 3.05) is 4.72 Å². The molecule has 0 aliphatic carbocycles. The van der Waals surface area contributed by atoms with Gasteiger partial charge in [-0.3, -0.25) is 4.21 Å². The fourth-order valence-electron chi connectivity index (χ4n) is 0.803. The van der Waals surface area contributed by atoms with Crippen LogP contribution >= 0.6 is 11.6 Å². The zero-order valence-electron chi connectivity index (χ0n) is 6.58. The molecule has 0 bridgehead atoms. The number of benzene rings is 1.